The Hall–Kier alpha value is -2.35. The fraction of sp³-hybridized carbons (Fsp3) is 0.486. The van der Waals surface area contributed by atoms with E-state index < -0.39 is 6.16 Å². The summed E-state index contributed by atoms with van der Waals surface area (Å²) in [5.74, 6) is 0. The molecule has 3 aliphatic heterocycles. The second-order valence-electron chi connectivity index (χ2n) is 12.5. The third-order valence-electron chi connectivity index (χ3n) is 8.58. The van der Waals surface area contributed by atoms with Crippen molar-refractivity contribution in [2.45, 2.75) is 39.3 Å². The molecule has 0 fully saturated rings. The normalized spacial score (nSPS) is 20.4. The first-order chi connectivity index (χ1) is 23.5. The summed E-state index contributed by atoms with van der Waals surface area (Å²) in [6.07, 6.45) is -1.83. The van der Waals surface area contributed by atoms with Gasteiger partial charge in [-0.05, 0) is 33.4 Å². The molecule has 6 rings (SSSR count). The van der Waals surface area contributed by atoms with Gasteiger partial charge >= 0.3 is 40.3 Å². The van der Waals surface area contributed by atoms with Crippen LogP contribution in [0.25, 0.3) is 0 Å². The van der Waals surface area contributed by atoms with E-state index in [-0.39, 0.29) is 34.1 Å². The summed E-state index contributed by atoms with van der Waals surface area (Å²) in [5.41, 5.74) is 8.12. The van der Waals surface area contributed by atoms with Gasteiger partial charge in [0, 0.05) is 118 Å². The van der Waals surface area contributed by atoms with E-state index in [1.54, 1.807) is 0 Å². The Morgan fingerprint density at radius 1 is 0.420 bits per heavy atom. The number of carboxylic acid groups (broad SMARTS) is 2. The monoisotopic (exact) mass is 786 g/mol. The molecular weight excluding hydrogens is 732 g/mol. The van der Waals surface area contributed by atoms with Crippen LogP contribution in [0, 0.1) is 0 Å². The zero-order valence-electron chi connectivity index (χ0n) is 29.0. The van der Waals surface area contributed by atoms with Crippen molar-refractivity contribution in [2.24, 2.45) is 0 Å². The van der Waals surface area contributed by atoms with Crippen LogP contribution in [0.5, 0.6) is 0 Å². The van der Waals surface area contributed by atoms with E-state index in [0.29, 0.717) is 0 Å². The first-order valence-corrected chi connectivity index (χ1v) is 17.4. The van der Waals surface area contributed by atoms with Crippen molar-refractivity contribution in [3.63, 3.8) is 0 Å². The fourth-order valence-electron chi connectivity index (χ4n) is 6.04. The molecule has 8 bridgehead atoms. The molecule has 0 amide bonds. The summed E-state index contributed by atoms with van der Waals surface area (Å²) < 4.78 is 0. The van der Waals surface area contributed by atoms with Crippen molar-refractivity contribution in [1.82, 2.24) is 41.7 Å². The number of nitrogens with zero attached hydrogens (tertiary/aromatic N) is 2. The van der Waals surface area contributed by atoms with Crippen LogP contribution in [0.3, 0.4) is 0 Å². The number of hydrogen-bond acceptors (Lipinski definition) is 9. The van der Waals surface area contributed by atoms with Crippen molar-refractivity contribution in [3.05, 3.63) is 106 Å². The van der Waals surface area contributed by atoms with Crippen LogP contribution in [-0.2, 0) is 73.4 Å². The molecule has 50 heavy (non-hydrogen) atoms. The van der Waals surface area contributed by atoms with Gasteiger partial charge in [0.1, 0.15) is 0 Å². The molecular formula is C37H56Cu2N8O3+2. The van der Waals surface area contributed by atoms with Gasteiger partial charge in [-0.2, -0.15) is 0 Å². The van der Waals surface area contributed by atoms with Crippen LogP contribution >= 0.6 is 0 Å². The van der Waals surface area contributed by atoms with Gasteiger partial charge in [-0.25, -0.2) is 4.79 Å². The van der Waals surface area contributed by atoms with E-state index in [4.69, 9.17) is 15.0 Å². The van der Waals surface area contributed by atoms with Crippen LogP contribution in [0.4, 0.5) is 4.79 Å². The van der Waals surface area contributed by atoms with Gasteiger partial charge < -0.3 is 42.1 Å². The number of nitrogens with one attached hydrogen (secondary N) is 6. The van der Waals surface area contributed by atoms with E-state index in [1.807, 2.05) is 0 Å². The van der Waals surface area contributed by atoms with Gasteiger partial charge in [0.15, 0.2) is 0 Å². The largest absolute Gasteiger partial charge is 1.00 e. The molecule has 13 heteroatoms. The third-order valence-corrected chi connectivity index (χ3v) is 8.58. The number of rotatable bonds is 0. The smallest absolute Gasteiger partial charge is 0.450 e. The van der Waals surface area contributed by atoms with Gasteiger partial charge in [0.05, 0.1) is 0 Å². The van der Waals surface area contributed by atoms with Gasteiger partial charge in [0.25, 0.3) is 0 Å². The predicted octanol–water partition coefficient (Wildman–Crippen LogP) is 2.47. The van der Waals surface area contributed by atoms with Crippen LogP contribution in [-0.4, -0.2) is 105 Å². The van der Waals surface area contributed by atoms with Crippen LogP contribution in [0.2, 0.25) is 0 Å². The van der Waals surface area contributed by atoms with E-state index in [0.717, 1.165) is 118 Å². The Kier molecular flexibility index (Phi) is 23.2. The Balaban J connectivity index is 0.00000137. The molecule has 0 spiro atoms. The second-order valence-corrected chi connectivity index (χ2v) is 12.5. The van der Waals surface area contributed by atoms with Crippen LogP contribution < -0.4 is 31.9 Å². The van der Waals surface area contributed by atoms with Crippen molar-refractivity contribution in [2.75, 3.05) is 78.5 Å². The molecule has 0 saturated heterocycles. The summed E-state index contributed by atoms with van der Waals surface area (Å²) in [6, 6.07) is 27.0. The number of carbonyl (C=O) groups is 1. The molecule has 0 unspecified atom stereocenters. The Morgan fingerprint density at radius 2 is 0.600 bits per heavy atom. The van der Waals surface area contributed by atoms with Crippen molar-refractivity contribution >= 4 is 6.16 Å². The Labute approximate surface area is 319 Å². The molecule has 8 N–H and O–H groups in total. The molecule has 0 atom stereocenters. The molecule has 282 valence electrons. The molecule has 0 aliphatic carbocycles. The van der Waals surface area contributed by atoms with Crippen LogP contribution in [0.15, 0.2) is 72.8 Å². The number of fused-ring (bicyclic) bond motifs is 18. The standard InChI is InChI=1S/C36H54N8.CH2O3.2Cu/c1-4-31-22-32(5-1)26-38-11-17-44-19-13-40-28-34-7-2-6-33(23-34)27-39-12-18-43(16-10-37-25-31)20-14-41-29-35-8-3-9-36(24-35)30-42-15-21-44;2-1(3)4;;/h1-9,22-24,37-42H,10-21,25-30H2;(H2,2,3,4);;/q;;2*+1. The zero-order valence-corrected chi connectivity index (χ0v) is 30.8. The minimum absolute atomic E-state index is 0. The van der Waals surface area contributed by atoms with E-state index >= 15 is 0 Å². The molecule has 0 aromatic heterocycles. The maximum absolute atomic E-state index is 8.56. The fourth-order valence-corrected chi connectivity index (χ4v) is 6.04. The molecule has 3 aromatic carbocycles. The van der Waals surface area contributed by atoms with Crippen LogP contribution in [0.1, 0.15) is 33.4 Å². The average Bonchev–Trinajstić information content (AvgIpc) is 3.08. The number of hydrogen-bond donors (Lipinski definition) is 8. The van der Waals surface area contributed by atoms with Crippen molar-refractivity contribution in [3.8, 4) is 0 Å². The van der Waals surface area contributed by atoms with E-state index in [2.05, 4.69) is 114 Å². The maximum Gasteiger partial charge on any atom is 1.00 e. The summed E-state index contributed by atoms with van der Waals surface area (Å²) in [6.45, 7) is 17.4. The Bertz CT molecular complexity index is 1120. The topological polar surface area (TPSA) is 136 Å². The van der Waals surface area contributed by atoms with Crippen molar-refractivity contribution < 1.29 is 49.1 Å². The van der Waals surface area contributed by atoms with Gasteiger partial charge in [-0.3, -0.25) is 9.80 Å². The second kappa shape index (κ2) is 26.4. The first kappa shape index (κ1) is 43.8. The number of benzene rings is 3. The third kappa shape index (κ3) is 18.8. The SMILES string of the molecule is O=C(O)O.[Cu+].[Cu+].c1cc2cc(c1)CNCCN1CCNCc3cccc(c3)CNCCN(CCNC2)CCNCc2cccc(c2)CNCC1. The van der Waals surface area contributed by atoms with Gasteiger partial charge in [-0.1, -0.05) is 72.8 Å². The summed E-state index contributed by atoms with van der Waals surface area (Å²) >= 11 is 0. The van der Waals surface area contributed by atoms with Gasteiger partial charge in [0.2, 0.25) is 0 Å². The van der Waals surface area contributed by atoms with Crippen molar-refractivity contribution in [1.29, 1.82) is 0 Å². The molecule has 0 saturated carbocycles. The summed E-state index contributed by atoms with van der Waals surface area (Å²) in [4.78, 5) is 13.7. The molecule has 11 nitrogen and oxygen atoms in total. The maximum atomic E-state index is 8.56. The Morgan fingerprint density at radius 3 is 0.780 bits per heavy atom. The minimum atomic E-state index is -1.83. The van der Waals surface area contributed by atoms with E-state index in [1.165, 1.54) is 33.4 Å². The predicted molar refractivity (Wildman–Crippen MR) is 193 cm³/mol. The molecule has 3 aromatic rings. The average molecular weight is 788 g/mol. The quantitative estimate of drug-likeness (QED) is 0.160. The zero-order chi connectivity index (χ0) is 33.7. The first-order valence-electron chi connectivity index (χ1n) is 17.4. The summed E-state index contributed by atoms with van der Waals surface area (Å²) in [5, 5.41) is 36.2. The van der Waals surface area contributed by atoms with Gasteiger partial charge in [-0.15, -0.1) is 0 Å². The summed E-state index contributed by atoms with van der Waals surface area (Å²) in [7, 11) is 0. The minimum Gasteiger partial charge on any atom is -0.450 e. The van der Waals surface area contributed by atoms with E-state index in [9.17, 15) is 0 Å². The molecule has 3 heterocycles. The molecule has 0 radical (unpaired) electrons. The molecule has 3 aliphatic rings.